The van der Waals surface area contributed by atoms with Crippen molar-refractivity contribution in [3.05, 3.63) is 78.9 Å². The molecule has 120 valence electrons. The van der Waals surface area contributed by atoms with Crippen LogP contribution in [0.15, 0.2) is 73.3 Å². The Balaban J connectivity index is 2.00. The minimum Gasteiger partial charge on any atom is -0.456 e. The van der Waals surface area contributed by atoms with Crippen molar-refractivity contribution in [1.29, 1.82) is 0 Å². The Morgan fingerprint density at radius 1 is 0.840 bits per heavy atom. The number of benzene rings is 4. The molecule has 0 unspecified atom stereocenters. The second-order valence-corrected chi connectivity index (χ2v) is 6.60. The summed E-state index contributed by atoms with van der Waals surface area (Å²) in [5.74, 6) is 1.86. The summed E-state index contributed by atoms with van der Waals surface area (Å²) in [6.45, 7) is 6.43. The van der Waals surface area contributed by atoms with Gasteiger partial charge in [-0.3, -0.25) is 0 Å². The van der Waals surface area contributed by atoms with E-state index in [1.54, 1.807) is 0 Å². The molecule has 0 atom stereocenters. The van der Waals surface area contributed by atoms with Gasteiger partial charge in [0.05, 0.1) is 0 Å². The highest BCUT2D eigenvalue weighted by Gasteiger charge is 2.22. The maximum atomic E-state index is 6.26. The number of allylic oxidation sites excluding steroid dienone is 1. The molecule has 1 aliphatic rings. The Morgan fingerprint density at radius 3 is 2.52 bits per heavy atom. The van der Waals surface area contributed by atoms with Crippen molar-refractivity contribution in [2.45, 2.75) is 13.3 Å². The van der Waals surface area contributed by atoms with E-state index in [1.807, 2.05) is 12.1 Å². The highest BCUT2D eigenvalue weighted by Crippen LogP contribution is 2.49. The average Bonchev–Trinajstić information content (AvgIpc) is 2.67. The molecule has 0 aromatic heterocycles. The summed E-state index contributed by atoms with van der Waals surface area (Å²) < 4.78 is 6.26. The van der Waals surface area contributed by atoms with Crippen LogP contribution in [0.3, 0.4) is 0 Å². The zero-order valence-corrected chi connectivity index (χ0v) is 14.2. The number of ether oxygens (including phenoxy) is 1. The van der Waals surface area contributed by atoms with Crippen LogP contribution in [0.4, 0.5) is 0 Å². The number of rotatable bonds is 2. The van der Waals surface area contributed by atoms with Crippen molar-refractivity contribution in [2.24, 2.45) is 0 Å². The van der Waals surface area contributed by atoms with Gasteiger partial charge in [0.15, 0.2) is 0 Å². The summed E-state index contributed by atoms with van der Waals surface area (Å²) in [6.07, 6.45) is 0.945. The van der Waals surface area contributed by atoms with Crippen LogP contribution >= 0.6 is 0 Å². The van der Waals surface area contributed by atoms with Crippen LogP contribution in [0.25, 0.3) is 38.2 Å². The number of hydrogen-bond donors (Lipinski definition) is 0. The third-order valence-corrected chi connectivity index (χ3v) is 5.15. The molecule has 0 saturated heterocycles. The van der Waals surface area contributed by atoms with Crippen LogP contribution in [0.1, 0.15) is 18.9 Å². The van der Waals surface area contributed by atoms with E-state index in [9.17, 15) is 0 Å². The molecule has 0 fully saturated rings. The molecule has 4 aromatic carbocycles. The molecule has 0 bridgehead atoms. The molecule has 0 spiro atoms. The van der Waals surface area contributed by atoms with Crippen LogP contribution in [0.2, 0.25) is 0 Å². The Kier molecular flexibility index (Phi) is 2.98. The third-order valence-electron chi connectivity index (χ3n) is 5.15. The lowest BCUT2D eigenvalue weighted by Crippen LogP contribution is -1.98. The Bertz CT molecular complexity index is 1170. The Labute approximate surface area is 147 Å². The number of hydrogen-bond acceptors (Lipinski definition) is 1. The van der Waals surface area contributed by atoms with Crippen molar-refractivity contribution in [3.8, 4) is 22.6 Å². The van der Waals surface area contributed by atoms with Crippen molar-refractivity contribution in [1.82, 2.24) is 0 Å². The Morgan fingerprint density at radius 2 is 1.64 bits per heavy atom. The molecule has 4 aromatic rings. The highest BCUT2D eigenvalue weighted by atomic mass is 16.5. The molecule has 1 nitrogen and oxygen atoms in total. The summed E-state index contributed by atoms with van der Waals surface area (Å²) >= 11 is 0. The fourth-order valence-corrected chi connectivity index (χ4v) is 3.80. The zero-order chi connectivity index (χ0) is 17.0. The topological polar surface area (TPSA) is 9.23 Å². The van der Waals surface area contributed by atoms with E-state index in [1.165, 1.54) is 32.7 Å². The molecular weight excluding hydrogens is 304 g/mol. The van der Waals surface area contributed by atoms with Gasteiger partial charge in [0.25, 0.3) is 0 Å². The van der Waals surface area contributed by atoms with Gasteiger partial charge in [-0.25, -0.2) is 0 Å². The summed E-state index contributed by atoms with van der Waals surface area (Å²) in [6, 6.07) is 23.5. The molecule has 1 aliphatic heterocycles. The molecule has 25 heavy (non-hydrogen) atoms. The summed E-state index contributed by atoms with van der Waals surface area (Å²) in [7, 11) is 0. The monoisotopic (exact) mass is 322 g/mol. The van der Waals surface area contributed by atoms with E-state index in [0.29, 0.717) is 0 Å². The first-order chi connectivity index (χ1) is 12.3. The van der Waals surface area contributed by atoms with Gasteiger partial charge >= 0.3 is 0 Å². The van der Waals surface area contributed by atoms with Gasteiger partial charge in [0.1, 0.15) is 11.5 Å². The fraction of sp³-hybridized carbons (Fsp3) is 0.0833. The first-order valence-electron chi connectivity index (χ1n) is 8.71. The maximum Gasteiger partial charge on any atom is 0.136 e. The smallest absolute Gasteiger partial charge is 0.136 e. The summed E-state index contributed by atoms with van der Waals surface area (Å²) in [5.41, 5.74) is 4.77. The van der Waals surface area contributed by atoms with Gasteiger partial charge in [0.2, 0.25) is 0 Å². The normalized spacial score (nSPS) is 12.0. The maximum absolute atomic E-state index is 6.26. The first kappa shape index (κ1) is 14.3. The fourth-order valence-electron chi connectivity index (χ4n) is 3.80. The van der Waals surface area contributed by atoms with E-state index in [4.69, 9.17) is 4.74 Å². The lowest BCUT2D eigenvalue weighted by atomic mass is 9.88. The largest absolute Gasteiger partial charge is 0.456 e. The molecule has 5 rings (SSSR count). The molecule has 0 saturated carbocycles. The van der Waals surface area contributed by atoms with Gasteiger partial charge in [0, 0.05) is 10.9 Å². The third kappa shape index (κ3) is 2.02. The van der Waals surface area contributed by atoms with Crippen LogP contribution in [-0.4, -0.2) is 0 Å². The van der Waals surface area contributed by atoms with Gasteiger partial charge in [-0.05, 0) is 63.5 Å². The summed E-state index contributed by atoms with van der Waals surface area (Å²) in [4.78, 5) is 0. The van der Waals surface area contributed by atoms with E-state index in [0.717, 1.165) is 29.1 Å². The standard InChI is InChI=1S/C24H18O/c1-3-15(2)17-12-20-18-9-5-4-8-16(18)14-23-24(20)21(13-17)19-10-6-7-11-22(19)25-23/h4-14H,2-3H2,1H3. The van der Waals surface area contributed by atoms with Crippen molar-refractivity contribution < 1.29 is 4.74 Å². The molecular formula is C24H18O. The van der Waals surface area contributed by atoms with Gasteiger partial charge in [-0.2, -0.15) is 0 Å². The van der Waals surface area contributed by atoms with Crippen molar-refractivity contribution >= 4 is 27.1 Å². The van der Waals surface area contributed by atoms with E-state index in [-0.39, 0.29) is 0 Å². The first-order valence-corrected chi connectivity index (χ1v) is 8.71. The number of fused-ring (bicyclic) bond motifs is 4. The van der Waals surface area contributed by atoms with Crippen LogP contribution in [0, 0.1) is 0 Å². The van der Waals surface area contributed by atoms with Gasteiger partial charge in [-0.15, -0.1) is 0 Å². The predicted molar refractivity (Wildman–Crippen MR) is 106 cm³/mol. The van der Waals surface area contributed by atoms with Crippen LogP contribution in [0.5, 0.6) is 11.5 Å². The van der Waals surface area contributed by atoms with Gasteiger partial charge in [-0.1, -0.05) is 56.0 Å². The highest BCUT2D eigenvalue weighted by molar-refractivity contribution is 6.17. The van der Waals surface area contributed by atoms with E-state index < -0.39 is 0 Å². The lowest BCUT2D eigenvalue weighted by molar-refractivity contribution is 0.487. The zero-order valence-electron chi connectivity index (χ0n) is 14.2. The minimum atomic E-state index is 0.922. The molecule has 0 radical (unpaired) electrons. The van der Waals surface area contributed by atoms with Crippen molar-refractivity contribution in [3.63, 3.8) is 0 Å². The molecule has 0 aliphatic carbocycles. The van der Waals surface area contributed by atoms with E-state index in [2.05, 4.69) is 68.1 Å². The molecule has 1 heteroatoms. The second kappa shape index (κ2) is 5.22. The quantitative estimate of drug-likeness (QED) is 0.312. The van der Waals surface area contributed by atoms with Crippen molar-refractivity contribution in [2.75, 3.05) is 0 Å². The predicted octanol–water partition coefficient (Wildman–Crippen LogP) is 7.19. The molecule has 1 heterocycles. The summed E-state index contributed by atoms with van der Waals surface area (Å²) in [5, 5.41) is 4.90. The number of para-hydroxylation sites is 1. The van der Waals surface area contributed by atoms with E-state index >= 15 is 0 Å². The second-order valence-electron chi connectivity index (χ2n) is 6.60. The molecule has 0 N–H and O–H groups in total. The molecule has 0 amide bonds. The lowest BCUT2D eigenvalue weighted by Gasteiger charge is -2.23. The van der Waals surface area contributed by atoms with Crippen LogP contribution in [-0.2, 0) is 0 Å². The van der Waals surface area contributed by atoms with Crippen LogP contribution < -0.4 is 4.74 Å². The van der Waals surface area contributed by atoms with Gasteiger partial charge < -0.3 is 4.74 Å². The average molecular weight is 322 g/mol. The Hall–Kier alpha value is -3.06. The SMILES string of the molecule is C=C(CC)c1cc2c3c(cc4ccccc4c3c1)Oc1ccccc1-2. The minimum absolute atomic E-state index is 0.922.